The molecule has 0 aliphatic carbocycles. The Morgan fingerprint density at radius 1 is 1.13 bits per heavy atom. The van der Waals surface area contributed by atoms with Crippen molar-refractivity contribution >= 4 is 17.6 Å². The van der Waals surface area contributed by atoms with Crippen molar-refractivity contribution in [1.82, 2.24) is 25.8 Å². The Bertz CT molecular complexity index is 1000. The summed E-state index contributed by atoms with van der Waals surface area (Å²) in [7, 11) is 0. The molecule has 156 valence electrons. The van der Waals surface area contributed by atoms with Crippen LogP contribution in [0.25, 0.3) is 11.4 Å². The van der Waals surface area contributed by atoms with Gasteiger partial charge in [0, 0.05) is 23.6 Å². The summed E-state index contributed by atoms with van der Waals surface area (Å²) in [5, 5.41) is 12.0. The van der Waals surface area contributed by atoms with Crippen LogP contribution in [0.4, 0.5) is 10.5 Å². The molecule has 0 saturated carbocycles. The summed E-state index contributed by atoms with van der Waals surface area (Å²) in [5.74, 6) is 0.356. The number of rotatable bonds is 7. The van der Waals surface area contributed by atoms with Gasteiger partial charge in [-0.2, -0.15) is 4.98 Å². The van der Waals surface area contributed by atoms with Gasteiger partial charge in [-0.15, -0.1) is 0 Å². The van der Waals surface area contributed by atoms with Crippen molar-refractivity contribution in [3.8, 4) is 11.4 Å². The fraction of sp³-hybridized carbons (Fsp3) is 0.286. The zero-order valence-electron chi connectivity index (χ0n) is 17.0. The zero-order valence-corrected chi connectivity index (χ0v) is 17.0. The lowest BCUT2D eigenvalue weighted by atomic mass is 10.0. The predicted molar refractivity (Wildman–Crippen MR) is 111 cm³/mol. The zero-order chi connectivity index (χ0) is 21.5. The standard InChI is InChI=1S/C21H24N6O3/c1-13(2)18(20-26-19(27-30-20)15-7-9-22-10-8-15)25-17(28)12-23-21(29)24-16-6-4-5-14(3)11-16/h4-11,13,18H,12H2,1-3H3,(H,25,28)(H2,23,24,29). The third kappa shape index (κ3) is 5.63. The molecule has 9 heteroatoms. The van der Waals surface area contributed by atoms with E-state index in [1.54, 1.807) is 30.6 Å². The number of nitrogens with one attached hydrogen (secondary N) is 3. The van der Waals surface area contributed by atoms with Crippen LogP contribution in [0.3, 0.4) is 0 Å². The number of carbonyl (C=O) groups excluding carboxylic acids is 2. The molecule has 1 aromatic carbocycles. The molecule has 0 bridgehead atoms. The van der Waals surface area contributed by atoms with Crippen molar-refractivity contribution in [2.24, 2.45) is 5.92 Å². The molecule has 0 radical (unpaired) electrons. The first kappa shape index (κ1) is 21.0. The van der Waals surface area contributed by atoms with Crippen LogP contribution in [0, 0.1) is 12.8 Å². The first-order chi connectivity index (χ1) is 14.4. The van der Waals surface area contributed by atoms with Gasteiger partial charge in [-0.1, -0.05) is 31.1 Å². The van der Waals surface area contributed by atoms with Gasteiger partial charge in [0.25, 0.3) is 0 Å². The molecule has 3 N–H and O–H groups in total. The number of urea groups is 1. The van der Waals surface area contributed by atoms with E-state index in [2.05, 4.69) is 31.1 Å². The van der Waals surface area contributed by atoms with Gasteiger partial charge in [0.2, 0.25) is 17.6 Å². The maximum absolute atomic E-state index is 12.4. The van der Waals surface area contributed by atoms with Gasteiger partial charge in [0.15, 0.2) is 0 Å². The largest absolute Gasteiger partial charge is 0.343 e. The van der Waals surface area contributed by atoms with E-state index in [-0.39, 0.29) is 18.4 Å². The van der Waals surface area contributed by atoms with Gasteiger partial charge >= 0.3 is 6.03 Å². The lowest BCUT2D eigenvalue weighted by molar-refractivity contribution is -0.121. The smallest absolute Gasteiger partial charge is 0.319 e. The molecule has 3 amide bonds. The fourth-order valence-corrected chi connectivity index (χ4v) is 2.78. The molecule has 0 aliphatic rings. The van der Waals surface area contributed by atoms with Crippen LogP contribution in [0.2, 0.25) is 0 Å². The van der Waals surface area contributed by atoms with E-state index >= 15 is 0 Å². The maximum atomic E-state index is 12.4. The molecule has 3 rings (SSSR count). The van der Waals surface area contributed by atoms with Gasteiger partial charge < -0.3 is 20.5 Å². The van der Waals surface area contributed by atoms with Gasteiger partial charge in [-0.25, -0.2) is 4.79 Å². The molecule has 30 heavy (non-hydrogen) atoms. The topological polar surface area (TPSA) is 122 Å². The minimum atomic E-state index is -0.484. The summed E-state index contributed by atoms with van der Waals surface area (Å²) in [5.41, 5.74) is 2.45. The Morgan fingerprint density at radius 2 is 1.90 bits per heavy atom. The predicted octanol–water partition coefficient (Wildman–Crippen LogP) is 3.08. The molecule has 3 aromatic rings. The number of carbonyl (C=O) groups is 2. The van der Waals surface area contributed by atoms with Crippen LogP contribution < -0.4 is 16.0 Å². The number of benzene rings is 1. The van der Waals surface area contributed by atoms with E-state index in [4.69, 9.17) is 4.52 Å². The van der Waals surface area contributed by atoms with Crippen LogP contribution in [0.1, 0.15) is 31.3 Å². The van der Waals surface area contributed by atoms with Crippen molar-refractivity contribution < 1.29 is 14.1 Å². The minimum absolute atomic E-state index is 0.000750. The summed E-state index contributed by atoms with van der Waals surface area (Å²) < 4.78 is 5.36. The molecule has 0 spiro atoms. The minimum Gasteiger partial charge on any atom is -0.343 e. The summed E-state index contributed by atoms with van der Waals surface area (Å²) in [6.45, 7) is 5.60. The molecule has 0 saturated heterocycles. The Kier molecular flexibility index (Phi) is 6.74. The van der Waals surface area contributed by atoms with Gasteiger partial charge in [-0.3, -0.25) is 9.78 Å². The summed E-state index contributed by atoms with van der Waals surface area (Å²) in [6, 6.07) is 9.98. The molecular formula is C21H24N6O3. The van der Waals surface area contributed by atoms with E-state index in [0.717, 1.165) is 11.1 Å². The van der Waals surface area contributed by atoms with Gasteiger partial charge in [0.05, 0.1) is 6.54 Å². The van der Waals surface area contributed by atoms with Crippen LogP contribution >= 0.6 is 0 Å². The van der Waals surface area contributed by atoms with E-state index in [1.807, 2.05) is 39.0 Å². The maximum Gasteiger partial charge on any atom is 0.319 e. The van der Waals surface area contributed by atoms with E-state index in [9.17, 15) is 9.59 Å². The molecule has 2 aromatic heterocycles. The Balaban J connectivity index is 1.57. The molecule has 1 unspecified atom stereocenters. The third-order valence-corrected chi connectivity index (χ3v) is 4.31. The molecule has 0 aliphatic heterocycles. The quantitative estimate of drug-likeness (QED) is 0.552. The average molecular weight is 408 g/mol. The lowest BCUT2D eigenvalue weighted by Gasteiger charge is -2.18. The molecule has 2 heterocycles. The third-order valence-electron chi connectivity index (χ3n) is 4.31. The van der Waals surface area contributed by atoms with Crippen molar-refractivity contribution in [1.29, 1.82) is 0 Å². The number of nitrogens with zero attached hydrogens (tertiary/aromatic N) is 3. The molecule has 9 nitrogen and oxygen atoms in total. The number of pyridine rings is 1. The Morgan fingerprint density at radius 3 is 2.60 bits per heavy atom. The molecular weight excluding hydrogens is 384 g/mol. The first-order valence-electron chi connectivity index (χ1n) is 9.57. The van der Waals surface area contributed by atoms with E-state index in [1.165, 1.54) is 0 Å². The number of aryl methyl sites for hydroxylation is 1. The number of amides is 3. The second-order valence-electron chi connectivity index (χ2n) is 7.16. The normalized spacial score (nSPS) is 11.7. The average Bonchev–Trinajstić information content (AvgIpc) is 3.21. The summed E-state index contributed by atoms with van der Waals surface area (Å²) in [4.78, 5) is 32.8. The SMILES string of the molecule is Cc1cccc(NC(=O)NCC(=O)NC(c2nc(-c3ccncc3)no2)C(C)C)c1. The monoisotopic (exact) mass is 408 g/mol. The van der Waals surface area contributed by atoms with E-state index in [0.29, 0.717) is 17.4 Å². The highest BCUT2D eigenvalue weighted by Crippen LogP contribution is 2.23. The van der Waals surface area contributed by atoms with Crippen molar-refractivity contribution in [2.75, 3.05) is 11.9 Å². The fourth-order valence-electron chi connectivity index (χ4n) is 2.78. The molecule has 1 atom stereocenters. The number of aromatic nitrogens is 3. The van der Waals surface area contributed by atoms with Crippen LogP contribution in [0.15, 0.2) is 53.3 Å². The Hall–Kier alpha value is -3.75. The highest BCUT2D eigenvalue weighted by Gasteiger charge is 2.25. The Labute approximate surface area is 174 Å². The molecule has 0 fully saturated rings. The highest BCUT2D eigenvalue weighted by molar-refractivity contribution is 5.92. The second-order valence-corrected chi connectivity index (χ2v) is 7.16. The summed E-state index contributed by atoms with van der Waals surface area (Å²) in [6.07, 6.45) is 3.28. The van der Waals surface area contributed by atoms with Crippen molar-refractivity contribution in [3.63, 3.8) is 0 Å². The van der Waals surface area contributed by atoms with Crippen LogP contribution in [0.5, 0.6) is 0 Å². The summed E-state index contributed by atoms with van der Waals surface area (Å²) >= 11 is 0. The van der Waals surface area contributed by atoms with E-state index < -0.39 is 12.1 Å². The van der Waals surface area contributed by atoms with Gasteiger partial charge in [0.1, 0.15) is 6.04 Å². The number of anilines is 1. The highest BCUT2D eigenvalue weighted by atomic mass is 16.5. The van der Waals surface area contributed by atoms with Crippen LogP contribution in [-0.4, -0.2) is 33.6 Å². The van der Waals surface area contributed by atoms with Crippen LogP contribution in [-0.2, 0) is 4.79 Å². The van der Waals surface area contributed by atoms with Crippen molar-refractivity contribution in [3.05, 3.63) is 60.2 Å². The second kappa shape index (κ2) is 9.64. The first-order valence-corrected chi connectivity index (χ1v) is 9.57. The lowest BCUT2D eigenvalue weighted by Crippen LogP contribution is -2.41. The number of hydrogen-bond donors (Lipinski definition) is 3. The number of hydrogen-bond acceptors (Lipinski definition) is 6. The van der Waals surface area contributed by atoms with Crippen molar-refractivity contribution in [2.45, 2.75) is 26.8 Å². The van der Waals surface area contributed by atoms with Gasteiger partial charge in [-0.05, 0) is 42.7 Å².